The maximum Gasteiger partial charge on any atom is 0.416 e. The largest absolute Gasteiger partial charge is 0.416 e. The van der Waals surface area contributed by atoms with Gasteiger partial charge in [-0.05, 0) is 18.1 Å². The second-order valence-corrected chi connectivity index (χ2v) is 5.10. The van der Waals surface area contributed by atoms with Crippen molar-refractivity contribution in [2.24, 2.45) is 7.05 Å². The topological polar surface area (TPSA) is 59.8 Å². The smallest absolute Gasteiger partial charge is 0.346 e. The molecular weight excluding hydrogens is 309 g/mol. The maximum atomic E-state index is 13.0. The Morgan fingerprint density at radius 2 is 2.04 bits per heavy atom. The first-order valence-corrected chi connectivity index (χ1v) is 7.11. The summed E-state index contributed by atoms with van der Waals surface area (Å²) in [4.78, 5) is 16.2. The molecule has 0 aliphatic rings. The lowest BCUT2D eigenvalue weighted by Crippen LogP contribution is -2.31. The third-order valence-corrected chi connectivity index (χ3v) is 3.48. The van der Waals surface area contributed by atoms with Gasteiger partial charge in [-0.15, -0.1) is 0 Å². The van der Waals surface area contributed by atoms with Crippen molar-refractivity contribution in [2.45, 2.75) is 32.0 Å². The Morgan fingerprint density at radius 3 is 2.61 bits per heavy atom. The average Bonchev–Trinajstić information content (AvgIpc) is 2.90. The minimum absolute atomic E-state index is 0.0506. The standard InChI is InChI=1S/C15H17F3N4O/c1-3-12(14-19-9-20-22(14)2)21-13(23)8-10-6-4-5-7-11(10)15(16,17)18/h4-7,9,12H,3,8H2,1-2H3,(H,21,23)/t12-/m0/s1. The molecule has 0 aliphatic heterocycles. The lowest BCUT2D eigenvalue weighted by atomic mass is 10.0. The molecule has 0 saturated carbocycles. The molecule has 5 nitrogen and oxygen atoms in total. The lowest BCUT2D eigenvalue weighted by molar-refractivity contribution is -0.138. The summed E-state index contributed by atoms with van der Waals surface area (Å²) in [6.07, 6.45) is -2.91. The van der Waals surface area contributed by atoms with Crippen molar-refractivity contribution in [2.75, 3.05) is 0 Å². The molecule has 124 valence electrons. The van der Waals surface area contributed by atoms with Crippen LogP contribution in [-0.4, -0.2) is 20.7 Å². The summed E-state index contributed by atoms with van der Waals surface area (Å²) in [6.45, 7) is 1.85. The molecule has 23 heavy (non-hydrogen) atoms. The summed E-state index contributed by atoms with van der Waals surface area (Å²) < 4.78 is 40.4. The number of hydrogen-bond acceptors (Lipinski definition) is 3. The first kappa shape index (κ1) is 17.0. The lowest BCUT2D eigenvalue weighted by Gasteiger charge is -2.17. The van der Waals surface area contributed by atoms with Crippen molar-refractivity contribution in [1.82, 2.24) is 20.1 Å². The number of nitrogens with one attached hydrogen (secondary N) is 1. The summed E-state index contributed by atoms with van der Waals surface area (Å²) in [6, 6.07) is 4.68. The van der Waals surface area contributed by atoms with Crippen molar-refractivity contribution >= 4 is 5.91 Å². The Balaban J connectivity index is 2.13. The third-order valence-electron chi connectivity index (χ3n) is 3.48. The molecule has 0 fully saturated rings. The second kappa shape index (κ2) is 6.80. The van der Waals surface area contributed by atoms with E-state index in [0.717, 1.165) is 6.07 Å². The number of benzene rings is 1. The van der Waals surface area contributed by atoms with Crippen molar-refractivity contribution in [1.29, 1.82) is 0 Å². The molecule has 2 rings (SSSR count). The molecule has 0 radical (unpaired) electrons. The molecule has 1 atom stereocenters. The van der Waals surface area contributed by atoms with Gasteiger partial charge >= 0.3 is 6.18 Å². The normalized spacial score (nSPS) is 12.9. The Labute approximate surface area is 131 Å². The molecule has 0 spiro atoms. The fourth-order valence-electron chi connectivity index (χ4n) is 2.34. The number of nitrogens with zero attached hydrogens (tertiary/aromatic N) is 3. The zero-order valence-electron chi connectivity index (χ0n) is 12.8. The molecule has 0 bridgehead atoms. The van der Waals surface area contributed by atoms with Crippen LogP contribution in [-0.2, 0) is 24.4 Å². The van der Waals surface area contributed by atoms with Crippen molar-refractivity contribution in [3.63, 3.8) is 0 Å². The van der Waals surface area contributed by atoms with Gasteiger partial charge in [-0.3, -0.25) is 9.48 Å². The molecule has 2 aromatic rings. The Kier molecular flexibility index (Phi) is 5.02. The summed E-state index contributed by atoms with van der Waals surface area (Å²) in [7, 11) is 1.69. The van der Waals surface area contributed by atoms with Crippen LogP contribution < -0.4 is 5.32 Å². The van der Waals surface area contributed by atoms with Crippen LogP contribution in [0.3, 0.4) is 0 Å². The predicted octanol–water partition coefficient (Wildman–Crippen LogP) is 2.64. The highest BCUT2D eigenvalue weighted by Crippen LogP contribution is 2.32. The molecule has 1 amide bonds. The molecule has 1 aromatic heterocycles. The molecule has 1 aromatic carbocycles. The number of halogens is 3. The first-order valence-electron chi connectivity index (χ1n) is 7.11. The average molecular weight is 326 g/mol. The van der Waals surface area contributed by atoms with Gasteiger partial charge in [-0.1, -0.05) is 25.1 Å². The van der Waals surface area contributed by atoms with Crippen molar-refractivity contribution < 1.29 is 18.0 Å². The van der Waals surface area contributed by atoms with Crippen LogP contribution in [0, 0.1) is 0 Å². The molecule has 0 saturated heterocycles. The Morgan fingerprint density at radius 1 is 1.35 bits per heavy atom. The van der Waals surface area contributed by atoms with E-state index >= 15 is 0 Å². The zero-order chi connectivity index (χ0) is 17.0. The highest BCUT2D eigenvalue weighted by molar-refractivity contribution is 5.79. The molecule has 0 unspecified atom stereocenters. The summed E-state index contributed by atoms with van der Waals surface area (Å²) in [5, 5.41) is 6.64. The van der Waals surface area contributed by atoms with Crippen LogP contribution in [0.25, 0.3) is 0 Å². The third kappa shape index (κ3) is 4.08. The van der Waals surface area contributed by atoms with Crippen LogP contribution in [0.15, 0.2) is 30.6 Å². The van der Waals surface area contributed by atoms with E-state index in [1.807, 2.05) is 6.92 Å². The van der Waals surface area contributed by atoms with Gasteiger partial charge in [0.15, 0.2) is 0 Å². The number of rotatable bonds is 5. The fourth-order valence-corrected chi connectivity index (χ4v) is 2.34. The van der Waals surface area contributed by atoms with Gasteiger partial charge in [0.1, 0.15) is 12.2 Å². The van der Waals surface area contributed by atoms with Crippen LogP contribution in [0.4, 0.5) is 13.2 Å². The quantitative estimate of drug-likeness (QED) is 0.919. The van der Waals surface area contributed by atoms with Crippen LogP contribution >= 0.6 is 0 Å². The van der Waals surface area contributed by atoms with Gasteiger partial charge in [-0.2, -0.15) is 18.3 Å². The number of aryl methyl sites for hydroxylation is 1. The van der Waals surface area contributed by atoms with Crippen LogP contribution in [0.1, 0.15) is 36.3 Å². The number of amides is 1. The highest BCUT2D eigenvalue weighted by atomic mass is 19.4. The number of carbonyl (C=O) groups is 1. The van der Waals surface area contributed by atoms with Gasteiger partial charge in [0, 0.05) is 7.05 Å². The van der Waals surface area contributed by atoms with Gasteiger partial charge < -0.3 is 5.32 Å². The molecule has 1 heterocycles. The van der Waals surface area contributed by atoms with Gasteiger partial charge in [-0.25, -0.2) is 4.98 Å². The van der Waals surface area contributed by atoms with E-state index < -0.39 is 23.7 Å². The fraction of sp³-hybridized carbons (Fsp3) is 0.400. The van der Waals surface area contributed by atoms with E-state index in [9.17, 15) is 18.0 Å². The van der Waals surface area contributed by atoms with Crippen molar-refractivity contribution in [3.8, 4) is 0 Å². The number of carbonyl (C=O) groups excluding carboxylic acids is 1. The molecule has 1 N–H and O–H groups in total. The number of hydrogen-bond donors (Lipinski definition) is 1. The van der Waals surface area contributed by atoms with Crippen molar-refractivity contribution in [3.05, 3.63) is 47.5 Å². The minimum Gasteiger partial charge on any atom is -0.346 e. The minimum atomic E-state index is -4.48. The van der Waals surface area contributed by atoms with E-state index in [1.54, 1.807) is 7.05 Å². The van der Waals surface area contributed by atoms with Crippen LogP contribution in [0.5, 0.6) is 0 Å². The van der Waals surface area contributed by atoms with Gasteiger partial charge in [0.05, 0.1) is 18.0 Å². The summed E-state index contributed by atoms with van der Waals surface area (Å²) in [5.41, 5.74) is -0.841. The predicted molar refractivity (Wildman–Crippen MR) is 77.3 cm³/mol. The highest BCUT2D eigenvalue weighted by Gasteiger charge is 2.33. The Bertz CT molecular complexity index is 681. The molecular formula is C15H17F3N4O. The number of aromatic nitrogens is 3. The maximum absolute atomic E-state index is 13.0. The van der Waals surface area contributed by atoms with E-state index in [4.69, 9.17) is 0 Å². The van der Waals surface area contributed by atoms with Gasteiger partial charge in [0.25, 0.3) is 0 Å². The van der Waals surface area contributed by atoms with E-state index in [-0.39, 0.29) is 12.0 Å². The number of alkyl halides is 3. The summed E-state index contributed by atoms with van der Waals surface area (Å²) in [5.74, 6) is 0.0708. The van der Waals surface area contributed by atoms with E-state index in [2.05, 4.69) is 15.4 Å². The summed E-state index contributed by atoms with van der Waals surface area (Å²) >= 11 is 0. The SMILES string of the molecule is CC[C@H](NC(=O)Cc1ccccc1C(F)(F)F)c1ncnn1C. The first-order chi connectivity index (χ1) is 10.8. The van der Waals surface area contributed by atoms with E-state index in [1.165, 1.54) is 29.2 Å². The van der Waals surface area contributed by atoms with Gasteiger partial charge in [0.2, 0.25) is 5.91 Å². The van der Waals surface area contributed by atoms with E-state index in [0.29, 0.717) is 12.2 Å². The van der Waals surface area contributed by atoms with Crippen LogP contribution in [0.2, 0.25) is 0 Å². The monoisotopic (exact) mass is 326 g/mol. The second-order valence-electron chi connectivity index (χ2n) is 5.10. The zero-order valence-corrected chi connectivity index (χ0v) is 12.8. The molecule has 8 heteroatoms. The Hall–Kier alpha value is -2.38. The molecule has 0 aliphatic carbocycles.